The summed E-state index contributed by atoms with van der Waals surface area (Å²) in [5.41, 5.74) is 1.81. The zero-order valence-corrected chi connectivity index (χ0v) is 17.1. The maximum absolute atomic E-state index is 11.6. The summed E-state index contributed by atoms with van der Waals surface area (Å²) < 4.78 is 12.3. The molecule has 0 amide bonds. The Kier molecular flexibility index (Phi) is 6.91. The maximum atomic E-state index is 11.6. The Bertz CT molecular complexity index is 961. The first kappa shape index (κ1) is 20.6. The molecule has 1 aromatic heterocycles. The second kappa shape index (κ2) is 9.39. The topological polar surface area (TPSA) is 66.2 Å². The second-order valence-corrected chi connectivity index (χ2v) is 7.19. The van der Waals surface area contributed by atoms with E-state index in [1.807, 2.05) is 12.1 Å². The van der Waals surface area contributed by atoms with Gasteiger partial charge in [0.25, 0.3) is 0 Å². The third-order valence-electron chi connectivity index (χ3n) is 3.96. The highest BCUT2D eigenvalue weighted by atomic mass is 35.5. The fraction of sp³-hybridized carbons (Fsp3) is 0.211. The highest BCUT2D eigenvalue weighted by Crippen LogP contribution is 2.30. The van der Waals surface area contributed by atoms with E-state index in [0.717, 1.165) is 11.1 Å². The number of aromatic nitrogens is 3. The van der Waals surface area contributed by atoms with Crippen LogP contribution in [0.25, 0.3) is 0 Å². The van der Waals surface area contributed by atoms with Crippen molar-refractivity contribution >= 4 is 40.8 Å². The Balaban J connectivity index is 1.82. The largest absolute Gasteiger partial charge is 0.464 e. The monoisotopic (exact) mass is 439 g/mol. The Morgan fingerprint density at radius 2 is 1.82 bits per heavy atom. The van der Waals surface area contributed by atoms with Crippen LogP contribution in [0.4, 0.5) is 0 Å². The molecule has 0 spiro atoms. The highest BCUT2D eigenvalue weighted by molar-refractivity contribution is 6.35. The van der Waals surface area contributed by atoms with Crippen LogP contribution in [0.2, 0.25) is 15.1 Å². The average molecular weight is 441 g/mol. The number of ether oxygens (including phenoxy) is 2. The second-order valence-electron chi connectivity index (χ2n) is 5.91. The first-order valence-electron chi connectivity index (χ1n) is 8.25. The lowest BCUT2D eigenvalue weighted by Crippen LogP contribution is -2.14. The van der Waals surface area contributed by atoms with Crippen LogP contribution < -0.4 is 0 Å². The minimum atomic E-state index is -0.561. The molecule has 6 nitrogen and oxygen atoms in total. The number of esters is 1. The van der Waals surface area contributed by atoms with Crippen molar-refractivity contribution in [3.63, 3.8) is 0 Å². The lowest BCUT2D eigenvalue weighted by atomic mass is 10.1. The van der Waals surface area contributed by atoms with E-state index in [0.29, 0.717) is 28.2 Å². The lowest BCUT2D eigenvalue weighted by molar-refractivity contribution is 0.0254. The summed E-state index contributed by atoms with van der Waals surface area (Å²) in [6.45, 7) is 0.623. The lowest BCUT2D eigenvalue weighted by Gasteiger charge is -2.20. The highest BCUT2D eigenvalue weighted by Gasteiger charge is 2.19. The van der Waals surface area contributed by atoms with Crippen molar-refractivity contribution in [3.05, 3.63) is 80.6 Å². The van der Waals surface area contributed by atoms with Gasteiger partial charge in [0.2, 0.25) is 0 Å². The zero-order valence-electron chi connectivity index (χ0n) is 14.8. The fourth-order valence-electron chi connectivity index (χ4n) is 2.54. The fourth-order valence-corrected chi connectivity index (χ4v) is 3.19. The average Bonchev–Trinajstić information content (AvgIpc) is 3.14. The van der Waals surface area contributed by atoms with Crippen LogP contribution in [0.1, 0.15) is 27.7 Å². The van der Waals surface area contributed by atoms with E-state index in [9.17, 15) is 4.79 Å². The molecule has 28 heavy (non-hydrogen) atoms. The number of methoxy groups -OCH3 is 1. The van der Waals surface area contributed by atoms with Crippen LogP contribution in [0.5, 0.6) is 0 Å². The molecule has 0 aliphatic heterocycles. The molecule has 0 aliphatic carbocycles. The standard InChI is InChI=1S/C19H16Cl3N3O3/c1-27-19(26)17-9-25(24-23-17)10-18(15-7-6-14(21)8-16(15)22)28-11-12-2-4-13(20)5-3-12/h2-9,18H,10-11H2,1H3. The van der Waals surface area contributed by atoms with Gasteiger partial charge in [0.15, 0.2) is 5.69 Å². The number of benzene rings is 2. The third kappa shape index (κ3) is 5.23. The van der Waals surface area contributed by atoms with Crippen molar-refractivity contribution in [2.45, 2.75) is 19.3 Å². The summed E-state index contributed by atoms with van der Waals surface area (Å²) in [5.74, 6) is -0.561. The summed E-state index contributed by atoms with van der Waals surface area (Å²) in [5, 5.41) is 9.43. The first-order chi connectivity index (χ1) is 13.5. The predicted octanol–water partition coefficient (Wildman–Crippen LogP) is 4.98. The van der Waals surface area contributed by atoms with E-state index in [1.54, 1.807) is 30.3 Å². The predicted molar refractivity (Wildman–Crippen MR) is 107 cm³/mol. The van der Waals surface area contributed by atoms with Gasteiger partial charge in [-0.05, 0) is 29.8 Å². The summed E-state index contributed by atoms with van der Waals surface area (Å²) >= 11 is 18.3. The van der Waals surface area contributed by atoms with Crippen molar-refractivity contribution < 1.29 is 14.3 Å². The van der Waals surface area contributed by atoms with Gasteiger partial charge in [0.05, 0.1) is 26.5 Å². The van der Waals surface area contributed by atoms with Crippen LogP contribution >= 0.6 is 34.8 Å². The molecule has 1 atom stereocenters. The number of hydrogen-bond acceptors (Lipinski definition) is 5. The van der Waals surface area contributed by atoms with Gasteiger partial charge >= 0.3 is 5.97 Å². The zero-order chi connectivity index (χ0) is 20.1. The van der Waals surface area contributed by atoms with Crippen LogP contribution in [0, 0.1) is 0 Å². The molecule has 0 bridgehead atoms. The molecule has 2 aromatic carbocycles. The molecule has 0 saturated carbocycles. The summed E-state index contributed by atoms with van der Waals surface area (Å²) in [6.07, 6.45) is 1.04. The van der Waals surface area contributed by atoms with Crippen LogP contribution in [0.15, 0.2) is 48.7 Å². The molecule has 3 aromatic rings. The van der Waals surface area contributed by atoms with Gasteiger partial charge in [0.1, 0.15) is 6.10 Å². The Labute approximate surface area is 176 Å². The number of halogens is 3. The van der Waals surface area contributed by atoms with Crippen molar-refractivity contribution in [3.8, 4) is 0 Å². The minimum Gasteiger partial charge on any atom is -0.464 e. The molecular formula is C19H16Cl3N3O3. The van der Waals surface area contributed by atoms with Gasteiger partial charge in [-0.3, -0.25) is 0 Å². The van der Waals surface area contributed by atoms with Gasteiger partial charge in [-0.2, -0.15) is 0 Å². The Hall–Kier alpha value is -2.12. The van der Waals surface area contributed by atoms with Crippen LogP contribution in [0.3, 0.4) is 0 Å². The van der Waals surface area contributed by atoms with Crippen molar-refractivity contribution in [1.82, 2.24) is 15.0 Å². The molecule has 3 rings (SSSR count). The number of rotatable bonds is 7. The quantitative estimate of drug-likeness (QED) is 0.485. The normalized spacial score (nSPS) is 12.0. The number of carbonyl (C=O) groups excluding carboxylic acids is 1. The third-order valence-corrected chi connectivity index (χ3v) is 4.77. The Morgan fingerprint density at radius 1 is 1.11 bits per heavy atom. The number of carbonyl (C=O) groups is 1. The van der Waals surface area contributed by atoms with E-state index >= 15 is 0 Å². The van der Waals surface area contributed by atoms with E-state index in [2.05, 4.69) is 15.0 Å². The van der Waals surface area contributed by atoms with Crippen LogP contribution in [-0.2, 0) is 22.6 Å². The SMILES string of the molecule is COC(=O)c1cn(CC(OCc2ccc(Cl)cc2)c2ccc(Cl)cc2Cl)nn1. The van der Waals surface area contributed by atoms with E-state index in [1.165, 1.54) is 18.0 Å². The van der Waals surface area contributed by atoms with Gasteiger partial charge in [-0.25, -0.2) is 9.48 Å². The molecule has 0 saturated heterocycles. The summed E-state index contributed by atoms with van der Waals surface area (Å²) in [6, 6.07) is 12.5. The van der Waals surface area contributed by atoms with Crippen molar-refractivity contribution in [1.29, 1.82) is 0 Å². The number of nitrogens with zero attached hydrogens (tertiary/aromatic N) is 3. The summed E-state index contributed by atoms with van der Waals surface area (Å²) in [7, 11) is 1.28. The maximum Gasteiger partial charge on any atom is 0.360 e. The molecule has 0 fully saturated rings. The van der Waals surface area contributed by atoms with E-state index in [4.69, 9.17) is 39.5 Å². The van der Waals surface area contributed by atoms with E-state index in [-0.39, 0.29) is 5.69 Å². The molecule has 0 radical (unpaired) electrons. The van der Waals surface area contributed by atoms with Gasteiger partial charge < -0.3 is 9.47 Å². The first-order valence-corrected chi connectivity index (χ1v) is 9.39. The molecule has 146 valence electrons. The molecule has 1 heterocycles. The van der Waals surface area contributed by atoms with Gasteiger partial charge in [-0.1, -0.05) is 58.2 Å². The van der Waals surface area contributed by atoms with Crippen molar-refractivity contribution in [2.24, 2.45) is 0 Å². The molecule has 0 aliphatic rings. The molecule has 1 unspecified atom stereocenters. The van der Waals surface area contributed by atoms with Gasteiger partial charge in [0, 0.05) is 20.6 Å². The molecule has 9 heteroatoms. The Morgan fingerprint density at radius 3 is 2.50 bits per heavy atom. The molecular weight excluding hydrogens is 425 g/mol. The van der Waals surface area contributed by atoms with E-state index < -0.39 is 12.1 Å². The smallest absolute Gasteiger partial charge is 0.360 e. The van der Waals surface area contributed by atoms with Crippen molar-refractivity contribution in [2.75, 3.05) is 7.11 Å². The number of hydrogen-bond donors (Lipinski definition) is 0. The van der Waals surface area contributed by atoms with Gasteiger partial charge in [-0.15, -0.1) is 5.10 Å². The van der Waals surface area contributed by atoms with Crippen LogP contribution in [-0.4, -0.2) is 28.1 Å². The summed E-state index contributed by atoms with van der Waals surface area (Å²) in [4.78, 5) is 11.6. The minimum absolute atomic E-state index is 0.112. The molecule has 0 N–H and O–H groups in total.